The molecule has 10 saturated heterocycles. The zero-order valence-corrected chi connectivity index (χ0v) is 10.8. The first-order valence-corrected chi connectivity index (χ1v) is 15.3. The van der Waals surface area contributed by atoms with E-state index in [2.05, 4.69) is 0 Å². The van der Waals surface area contributed by atoms with E-state index in [9.17, 15) is 0 Å². The van der Waals surface area contributed by atoms with Crippen molar-refractivity contribution in [2.24, 2.45) is 0 Å². The van der Waals surface area contributed by atoms with Crippen LogP contribution in [0.25, 0.3) is 0 Å². The first-order valence-electron chi connectivity index (χ1n) is 5.82. The van der Waals surface area contributed by atoms with E-state index in [1.165, 1.54) is 43.3 Å². The van der Waals surface area contributed by atoms with E-state index in [0.717, 1.165) is 4.05 Å². The topological polar surface area (TPSA) is 0 Å². The fourth-order valence-electron chi connectivity index (χ4n) is 16.5. The molecule has 4 unspecified atom stereocenters. The molecule has 10 fully saturated rings. The number of rotatable bonds is 1. The van der Waals surface area contributed by atoms with Crippen molar-refractivity contribution in [2.45, 2.75) is 47.4 Å². The molecule has 0 aromatic heterocycles. The van der Waals surface area contributed by atoms with Gasteiger partial charge in [0.05, 0.1) is 0 Å². The van der Waals surface area contributed by atoms with Gasteiger partial charge in [0.25, 0.3) is 0 Å². The summed E-state index contributed by atoms with van der Waals surface area (Å²) in [5, 5.41) is 0. The Labute approximate surface area is 82.7 Å². The molecule has 0 saturated carbocycles. The third-order valence-electron chi connectivity index (χ3n) is 14.9. The van der Waals surface area contributed by atoms with Crippen molar-refractivity contribution in [1.29, 1.82) is 0 Å². The van der Waals surface area contributed by atoms with Gasteiger partial charge >= 0.3 is 83.0 Å². The van der Waals surface area contributed by atoms with Crippen LogP contribution in [-0.4, -0.2) is 4.05 Å². The predicted molar refractivity (Wildman–Crippen MR) is 55.1 cm³/mol. The van der Waals surface area contributed by atoms with Gasteiger partial charge < -0.3 is 0 Å². The number of halogens is 2. The normalized spacial score (nSPS) is 143. The maximum absolute atomic E-state index is 6.55. The van der Waals surface area contributed by atoms with E-state index in [1.54, 1.807) is 0 Å². The molecule has 0 aromatic carbocycles. The Hall–Kier alpha value is 1.53. The van der Waals surface area contributed by atoms with Crippen LogP contribution in [0.3, 0.4) is 0 Å². The predicted octanol–water partition coefficient (Wildman–Crippen LogP) is 5.07. The van der Waals surface area contributed by atoms with E-state index in [-0.39, 0.29) is 0 Å². The molecule has 0 amide bonds. The van der Waals surface area contributed by atoms with Crippen molar-refractivity contribution in [3.8, 4) is 0 Å². The molecule has 1 spiro atoms. The zero-order chi connectivity index (χ0) is 8.59. The maximum atomic E-state index is 6.55. The third-order valence-corrected chi connectivity index (χ3v) is 64.9. The number of fused-ring (bicyclic) bond motifs is 10. The van der Waals surface area contributed by atoms with Gasteiger partial charge in [-0.25, -0.2) is 0 Å². The molecule has 10 rings (SSSR count). The minimum atomic E-state index is -2.82. The fourth-order valence-corrected chi connectivity index (χ4v) is 111. The molecule has 0 aliphatic carbocycles. The van der Waals surface area contributed by atoms with Gasteiger partial charge in [0.2, 0.25) is 0 Å². The average Bonchev–Trinajstić information content (AvgIpc) is 3.13. The molecule has 0 nitrogen and oxygen atoms in total. The van der Waals surface area contributed by atoms with Crippen molar-refractivity contribution in [3.05, 3.63) is 0 Å². The Morgan fingerprint density at radius 2 is 1.21 bits per heavy atom. The average molecular weight is 287 g/mol. The summed E-state index contributed by atoms with van der Waals surface area (Å²) >= 11 is 13.1. The monoisotopic (exact) mass is 286 g/mol. The van der Waals surface area contributed by atoms with E-state index < -0.39 is 13.1 Å². The fraction of sp³-hybridized carbons (Fsp3) is 1.00. The summed E-state index contributed by atoms with van der Waals surface area (Å²) in [6, 6.07) is 0. The van der Waals surface area contributed by atoms with Crippen LogP contribution >= 0.6 is 29.1 Å². The molecule has 14 heavy (non-hydrogen) atoms. The Kier molecular flexibility index (Phi) is 0.152. The van der Waals surface area contributed by atoms with E-state index in [4.69, 9.17) is 22.5 Å². The van der Waals surface area contributed by atoms with E-state index >= 15 is 0 Å². The second-order valence-corrected chi connectivity index (χ2v) is 37.6. The quantitative estimate of drug-likeness (QED) is 0.466. The summed E-state index contributed by atoms with van der Waals surface area (Å²) in [6.07, 6.45) is 0. The van der Waals surface area contributed by atoms with Crippen molar-refractivity contribution < 1.29 is 6.51 Å². The Morgan fingerprint density at radius 3 is 1.29 bits per heavy atom. The molecular formula is C10H9Cl2FeP. The van der Waals surface area contributed by atoms with Crippen LogP contribution in [0.4, 0.5) is 0 Å². The Bertz CT molecular complexity index is 807. The SMILES string of the molecule is ClP(Cl)[C]12[CH]3[CH]4[CH]5[CH]1[Fe]45321678[CH]2[CH]1[CH]6[CH]7[CH]28. The molecule has 0 bridgehead atoms. The minimum absolute atomic E-state index is 0.573. The van der Waals surface area contributed by atoms with Gasteiger partial charge in [0, 0.05) is 0 Å². The zero-order valence-electron chi connectivity index (χ0n) is 7.25. The third kappa shape index (κ3) is 0.0437. The standard InChI is InChI=1S/C5H4Cl2P.C5H5.Fe/c6-8(7)5-3-1-2-4-5;1-2-4-5-3-1;/h1-4H;1-5H;. The molecule has 0 radical (unpaired) electrons. The van der Waals surface area contributed by atoms with Gasteiger partial charge in [-0.1, -0.05) is 0 Å². The molecule has 10 aliphatic rings. The van der Waals surface area contributed by atoms with E-state index in [1.807, 2.05) is 0 Å². The molecule has 10 aliphatic heterocycles. The van der Waals surface area contributed by atoms with Crippen LogP contribution in [0.15, 0.2) is 0 Å². The van der Waals surface area contributed by atoms with Crippen molar-refractivity contribution in [3.63, 3.8) is 0 Å². The Morgan fingerprint density at radius 1 is 0.786 bits per heavy atom. The molecular weight excluding hydrogens is 278 g/mol. The molecule has 76 valence electrons. The van der Waals surface area contributed by atoms with Crippen LogP contribution in [0.1, 0.15) is 0 Å². The molecule has 4 atom stereocenters. The second kappa shape index (κ2) is 0.390. The summed E-state index contributed by atoms with van der Waals surface area (Å²) in [5.74, 6) is 0. The van der Waals surface area contributed by atoms with Crippen LogP contribution < -0.4 is 0 Å². The van der Waals surface area contributed by atoms with Gasteiger partial charge in [-0.15, -0.1) is 0 Å². The first kappa shape index (κ1) is 5.45. The molecule has 0 aromatic rings. The van der Waals surface area contributed by atoms with Crippen LogP contribution in [0.5, 0.6) is 0 Å². The molecule has 10 heterocycles. The van der Waals surface area contributed by atoms with Gasteiger partial charge in [0.1, 0.15) is 0 Å². The van der Waals surface area contributed by atoms with Crippen LogP contribution in [0.2, 0.25) is 43.3 Å². The summed E-state index contributed by atoms with van der Waals surface area (Å²) in [7, 11) is 0. The van der Waals surface area contributed by atoms with Crippen molar-refractivity contribution >= 4 is 29.1 Å². The Balaban J connectivity index is 1.94. The summed E-state index contributed by atoms with van der Waals surface area (Å²) < 4.78 is 0.789. The van der Waals surface area contributed by atoms with Gasteiger partial charge in [-0.3, -0.25) is 0 Å². The summed E-state index contributed by atoms with van der Waals surface area (Å²) in [6.45, 7) is -3.40. The summed E-state index contributed by atoms with van der Waals surface area (Å²) in [4.78, 5) is 12.4. The van der Waals surface area contributed by atoms with Crippen molar-refractivity contribution in [2.75, 3.05) is 0 Å². The van der Waals surface area contributed by atoms with E-state index in [0.29, 0.717) is 0 Å². The molecule has 4 heteroatoms. The summed E-state index contributed by atoms with van der Waals surface area (Å²) in [5.41, 5.74) is 0. The second-order valence-electron chi connectivity index (χ2n) is 9.87. The first-order chi connectivity index (χ1) is 6.49. The van der Waals surface area contributed by atoms with Gasteiger partial charge in [-0.2, -0.15) is 0 Å². The molecule has 0 N–H and O–H groups in total. The number of hydrogen-bond acceptors (Lipinski definition) is 0. The van der Waals surface area contributed by atoms with Gasteiger partial charge in [0.15, 0.2) is 0 Å². The van der Waals surface area contributed by atoms with Crippen molar-refractivity contribution in [1.82, 2.24) is 0 Å². The van der Waals surface area contributed by atoms with Gasteiger partial charge in [-0.05, 0) is 0 Å². The van der Waals surface area contributed by atoms with Crippen LogP contribution in [0, 0.1) is 0 Å². The van der Waals surface area contributed by atoms with Crippen LogP contribution in [-0.2, 0) is 6.51 Å². The number of hydrogen-bond donors (Lipinski definition) is 0.